The number of carbonyl (C=O) groups is 1. The molecule has 2 N–H and O–H groups in total. The number of halogens is 3. The fraction of sp³-hybridized carbons (Fsp3) is 0.615. The van der Waals surface area contributed by atoms with Gasteiger partial charge in [-0.1, -0.05) is 31.4 Å². The van der Waals surface area contributed by atoms with Crippen LogP contribution < -0.4 is 14.8 Å². The molecule has 0 saturated heterocycles. The molecule has 0 spiro atoms. The van der Waals surface area contributed by atoms with Gasteiger partial charge in [-0.2, -0.15) is 18.3 Å². The largest absolute Gasteiger partial charge is 0.484 e. The van der Waals surface area contributed by atoms with Crippen molar-refractivity contribution in [2.24, 2.45) is 5.92 Å². The van der Waals surface area contributed by atoms with E-state index in [1.807, 2.05) is 6.07 Å². The van der Waals surface area contributed by atoms with Gasteiger partial charge in [0, 0.05) is 19.0 Å². The second-order valence-corrected chi connectivity index (χ2v) is 12.7. The van der Waals surface area contributed by atoms with Gasteiger partial charge >= 0.3 is 6.18 Å². The summed E-state index contributed by atoms with van der Waals surface area (Å²) >= 11 is 0. The number of rotatable bonds is 12. The minimum absolute atomic E-state index is 0.0363. The second kappa shape index (κ2) is 10.9. The number of hydrogen-bond donors (Lipinski definition) is 2. The number of benzene rings is 1. The molecule has 2 aliphatic carbocycles. The highest BCUT2D eigenvalue weighted by Crippen LogP contribution is 2.33. The van der Waals surface area contributed by atoms with E-state index in [2.05, 4.69) is 10.0 Å². The van der Waals surface area contributed by atoms with Crippen LogP contribution in [0.5, 0.6) is 5.75 Å². The third kappa shape index (κ3) is 6.69. The molecule has 2 fully saturated rings. The zero-order chi connectivity index (χ0) is 26.9. The minimum atomic E-state index is -4.40. The van der Waals surface area contributed by atoms with Gasteiger partial charge in [-0.05, 0) is 55.7 Å². The molecule has 1 atom stereocenters. The van der Waals surface area contributed by atoms with Gasteiger partial charge in [0.25, 0.3) is 5.91 Å². The van der Waals surface area contributed by atoms with Crippen molar-refractivity contribution in [3.8, 4) is 5.75 Å². The fourth-order valence-corrected chi connectivity index (χ4v) is 6.54. The van der Waals surface area contributed by atoms with Crippen molar-refractivity contribution in [2.75, 3.05) is 6.61 Å². The lowest BCUT2D eigenvalue weighted by molar-refractivity contribution is -0.153. The monoisotopic (exact) mass is 554 g/mol. The first kappa shape index (κ1) is 27.0. The third-order valence-electron chi connectivity index (χ3n) is 7.59. The minimum Gasteiger partial charge on any atom is -0.484 e. The average Bonchev–Trinajstić information content (AvgIpc) is 3.57. The van der Waals surface area contributed by atoms with E-state index >= 15 is 0 Å². The summed E-state index contributed by atoms with van der Waals surface area (Å²) in [5.74, 6) is 0.542. The van der Waals surface area contributed by atoms with Gasteiger partial charge in [0.15, 0.2) is 6.61 Å². The molecule has 5 rings (SSSR count). The third-order valence-corrected chi connectivity index (χ3v) is 9.49. The van der Waals surface area contributed by atoms with E-state index in [4.69, 9.17) is 9.84 Å². The number of sulfonamides is 1. The molecule has 2 aromatic rings. The van der Waals surface area contributed by atoms with Crippen molar-refractivity contribution in [3.63, 3.8) is 0 Å². The molecule has 0 radical (unpaired) electrons. The van der Waals surface area contributed by atoms with Gasteiger partial charge in [-0.15, -0.1) is 0 Å². The van der Waals surface area contributed by atoms with E-state index in [0.29, 0.717) is 61.5 Å². The Balaban J connectivity index is 1.25. The number of hydrogen-bond acceptors (Lipinski definition) is 5. The first-order chi connectivity index (χ1) is 18.1. The summed E-state index contributed by atoms with van der Waals surface area (Å²) in [4.78, 5) is 13.2. The molecule has 38 heavy (non-hydrogen) atoms. The van der Waals surface area contributed by atoms with Gasteiger partial charge in [0.2, 0.25) is 10.0 Å². The number of carbonyl (C=O) groups excluding carboxylic acids is 1. The number of nitrogens with one attached hydrogen (secondary N) is 2. The number of aromatic nitrogens is 2. The Morgan fingerprint density at radius 1 is 1.16 bits per heavy atom. The quantitative estimate of drug-likeness (QED) is 0.415. The van der Waals surface area contributed by atoms with Crippen LogP contribution in [-0.2, 0) is 36.0 Å². The lowest BCUT2D eigenvalue weighted by atomic mass is 9.95. The maximum Gasteiger partial charge on any atom is 0.422 e. The summed E-state index contributed by atoms with van der Waals surface area (Å²) < 4.78 is 72.0. The Hall–Kier alpha value is -2.60. The average molecular weight is 555 g/mol. The van der Waals surface area contributed by atoms with Crippen LogP contribution in [0.15, 0.2) is 24.3 Å². The molecule has 208 valence electrons. The summed E-state index contributed by atoms with van der Waals surface area (Å²) in [6.45, 7) is -0.671. The van der Waals surface area contributed by atoms with Gasteiger partial charge in [0.05, 0.1) is 28.7 Å². The molecule has 3 aliphatic rings. The first-order valence-electron chi connectivity index (χ1n) is 13.2. The lowest BCUT2D eigenvalue weighted by Gasteiger charge is -2.26. The Labute approximate surface area is 220 Å². The van der Waals surface area contributed by atoms with Gasteiger partial charge < -0.3 is 10.1 Å². The van der Waals surface area contributed by atoms with E-state index in [0.717, 1.165) is 18.4 Å². The number of nitrogens with zero attached hydrogens (tertiary/aromatic N) is 2. The van der Waals surface area contributed by atoms with Crippen molar-refractivity contribution in [1.29, 1.82) is 0 Å². The summed E-state index contributed by atoms with van der Waals surface area (Å²) in [6, 6.07) is 6.34. The Kier molecular flexibility index (Phi) is 7.72. The molecule has 0 unspecified atom stereocenters. The fourth-order valence-electron chi connectivity index (χ4n) is 5.01. The smallest absolute Gasteiger partial charge is 0.422 e. The molecule has 1 aromatic heterocycles. The van der Waals surface area contributed by atoms with Crippen LogP contribution in [0.3, 0.4) is 0 Å². The van der Waals surface area contributed by atoms with Crippen molar-refractivity contribution in [2.45, 2.75) is 88.3 Å². The highest BCUT2D eigenvalue weighted by molar-refractivity contribution is 7.90. The van der Waals surface area contributed by atoms with E-state index in [1.165, 1.54) is 18.9 Å². The summed E-state index contributed by atoms with van der Waals surface area (Å²) in [5, 5.41) is 7.40. The van der Waals surface area contributed by atoms with E-state index in [-0.39, 0.29) is 29.5 Å². The topological polar surface area (TPSA) is 102 Å². The molecule has 2 heterocycles. The lowest BCUT2D eigenvalue weighted by Crippen LogP contribution is -2.42. The predicted molar refractivity (Wildman–Crippen MR) is 134 cm³/mol. The summed E-state index contributed by atoms with van der Waals surface area (Å²) in [6.07, 6.45) is 2.78. The SMILES string of the molecule is O=C1N[C@@H](CCc2cccc(OCC(F)(F)F)c2)Cc2nn(CCC3CC3)c(CNS(=O)(=O)C3CCC3)c21. The van der Waals surface area contributed by atoms with Crippen molar-refractivity contribution in [3.05, 3.63) is 46.8 Å². The van der Waals surface area contributed by atoms with Gasteiger partial charge in [-0.25, -0.2) is 13.1 Å². The van der Waals surface area contributed by atoms with Gasteiger partial charge in [-0.3, -0.25) is 9.48 Å². The summed E-state index contributed by atoms with van der Waals surface area (Å²) in [5.41, 5.74) is 2.53. The highest BCUT2D eigenvalue weighted by Gasteiger charge is 2.35. The number of alkyl halides is 3. The van der Waals surface area contributed by atoms with Crippen LogP contribution in [-0.4, -0.2) is 48.2 Å². The molecule has 8 nitrogen and oxygen atoms in total. The number of fused-ring (bicyclic) bond motifs is 1. The maximum atomic E-state index is 13.2. The molecule has 1 aliphatic heterocycles. The predicted octanol–water partition coefficient (Wildman–Crippen LogP) is 3.88. The second-order valence-electron chi connectivity index (χ2n) is 10.6. The molecule has 0 bridgehead atoms. The van der Waals surface area contributed by atoms with Crippen molar-refractivity contribution in [1.82, 2.24) is 19.8 Å². The molecule has 1 aromatic carbocycles. The van der Waals surface area contributed by atoms with Crippen LogP contribution in [0.4, 0.5) is 13.2 Å². The van der Waals surface area contributed by atoms with Crippen molar-refractivity contribution < 1.29 is 31.1 Å². The number of aryl methyl sites for hydroxylation is 2. The molecular formula is C26H33F3N4O4S. The number of amides is 1. The van der Waals surface area contributed by atoms with Crippen LogP contribution in [0, 0.1) is 5.92 Å². The zero-order valence-electron chi connectivity index (χ0n) is 21.1. The highest BCUT2D eigenvalue weighted by atomic mass is 32.2. The molecule has 2 saturated carbocycles. The van der Waals surface area contributed by atoms with Crippen molar-refractivity contribution >= 4 is 15.9 Å². The first-order valence-corrected chi connectivity index (χ1v) is 14.8. The van der Waals surface area contributed by atoms with Crippen LogP contribution in [0.25, 0.3) is 0 Å². The van der Waals surface area contributed by atoms with Crippen LogP contribution in [0.2, 0.25) is 0 Å². The Bertz CT molecular complexity index is 1270. The Morgan fingerprint density at radius 3 is 2.63 bits per heavy atom. The maximum absolute atomic E-state index is 13.2. The molecule has 12 heteroatoms. The van der Waals surface area contributed by atoms with E-state index < -0.39 is 22.8 Å². The summed E-state index contributed by atoms with van der Waals surface area (Å²) in [7, 11) is -3.44. The standard InChI is InChI=1S/C26H33F3N4O4S/c27-26(28,29)16-37-20-4-1-3-18(13-20)9-10-19-14-22-24(25(34)31-19)23(33(32-22)12-11-17-7-8-17)15-30-38(35,36)21-5-2-6-21/h1,3-4,13,17,19,21,30H,2,5-12,14-16H2,(H,31,34)/t19-/m0/s1. The normalized spacial score (nSPS) is 20.1. The van der Waals surface area contributed by atoms with E-state index in [9.17, 15) is 26.4 Å². The van der Waals surface area contributed by atoms with Gasteiger partial charge in [0.1, 0.15) is 5.75 Å². The van der Waals surface area contributed by atoms with Crippen LogP contribution >= 0.6 is 0 Å². The van der Waals surface area contributed by atoms with Crippen LogP contribution in [0.1, 0.15) is 72.3 Å². The molecule has 1 amide bonds. The zero-order valence-corrected chi connectivity index (χ0v) is 21.9. The molecular weight excluding hydrogens is 521 g/mol. The van der Waals surface area contributed by atoms with E-state index in [1.54, 1.807) is 16.8 Å². The number of ether oxygens (including phenoxy) is 1. The Morgan fingerprint density at radius 2 is 1.95 bits per heavy atom.